The molecule has 0 saturated heterocycles. The molecule has 25 heavy (non-hydrogen) atoms. The fourth-order valence-electron chi connectivity index (χ4n) is 2.74. The van der Waals surface area contributed by atoms with Gasteiger partial charge in [0.15, 0.2) is 0 Å². The summed E-state index contributed by atoms with van der Waals surface area (Å²) in [5.74, 6) is 1.06. The predicted molar refractivity (Wildman–Crippen MR) is 107 cm³/mol. The highest BCUT2D eigenvalue weighted by Crippen LogP contribution is 2.28. The van der Waals surface area contributed by atoms with Crippen LogP contribution < -0.4 is 10.1 Å². The van der Waals surface area contributed by atoms with E-state index in [1.165, 1.54) is 7.11 Å². The Morgan fingerprint density at radius 2 is 2.12 bits per heavy atom. The fourth-order valence-corrected chi connectivity index (χ4v) is 3.34. The van der Waals surface area contributed by atoms with Crippen molar-refractivity contribution in [1.29, 1.82) is 0 Å². The van der Waals surface area contributed by atoms with Crippen LogP contribution in [0.25, 0.3) is 11.0 Å². The van der Waals surface area contributed by atoms with Crippen LogP contribution in [0.3, 0.4) is 0 Å². The molecule has 3 aromatic rings. The zero-order valence-electron chi connectivity index (χ0n) is 13.8. The van der Waals surface area contributed by atoms with E-state index in [2.05, 4.69) is 44.4 Å². The summed E-state index contributed by atoms with van der Waals surface area (Å²) in [5.41, 5.74) is 2.39. The Hall–Kier alpha value is -1.80. The lowest BCUT2D eigenvalue weighted by atomic mass is 10.2. The van der Waals surface area contributed by atoms with Crippen molar-refractivity contribution in [2.75, 3.05) is 7.11 Å². The zero-order chi connectivity index (χ0) is 18.0. The second-order valence-electron chi connectivity index (χ2n) is 5.41. The van der Waals surface area contributed by atoms with E-state index in [1.54, 1.807) is 12.1 Å². The number of imidazole rings is 1. The number of ether oxygens (including phenoxy) is 1. The SMILES string of the molecule is CCn1c(CNC(=O)c2cc(Cl)c(I)cc2OC)nc2ccccc21. The van der Waals surface area contributed by atoms with Crippen molar-refractivity contribution in [3.8, 4) is 5.75 Å². The summed E-state index contributed by atoms with van der Waals surface area (Å²) < 4.78 is 8.23. The number of methoxy groups -OCH3 is 1. The van der Waals surface area contributed by atoms with Crippen LogP contribution in [-0.4, -0.2) is 22.6 Å². The number of aromatic nitrogens is 2. The molecule has 7 heteroatoms. The van der Waals surface area contributed by atoms with Crippen molar-refractivity contribution in [1.82, 2.24) is 14.9 Å². The third-order valence-electron chi connectivity index (χ3n) is 3.94. The molecule has 1 amide bonds. The van der Waals surface area contributed by atoms with Crippen LogP contribution in [0, 0.1) is 3.57 Å². The van der Waals surface area contributed by atoms with Gasteiger partial charge in [-0.05, 0) is 53.8 Å². The van der Waals surface area contributed by atoms with Crippen molar-refractivity contribution in [2.45, 2.75) is 20.0 Å². The molecule has 0 aliphatic rings. The average Bonchev–Trinajstić information content (AvgIpc) is 2.99. The molecule has 2 aromatic carbocycles. The van der Waals surface area contributed by atoms with Crippen LogP contribution >= 0.6 is 34.2 Å². The molecule has 0 bridgehead atoms. The summed E-state index contributed by atoms with van der Waals surface area (Å²) in [6.45, 7) is 3.17. The molecule has 0 saturated carbocycles. The van der Waals surface area contributed by atoms with Gasteiger partial charge in [-0.1, -0.05) is 23.7 Å². The van der Waals surface area contributed by atoms with Crippen LogP contribution in [-0.2, 0) is 13.1 Å². The van der Waals surface area contributed by atoms with E-state index in [9.17, 15) is 4.79 Å². The monoisotopic (exact) mass is 469 g/mol. The largest absolute Gasteiger partial charge is 0.496 e. The van der Waals surface area contributed by atoms with Crippen molar-refractivity contribution in [2.24, 2.45) is 0 Å². The van der Waals surface area contributed by atoms with Gasteiger partial charge in [-0.2, -0.15) is 0 Å². The van der Waals surface area contributed by atoms with Gasteiger partial charge in [0.05, 0.1) is 35.3 Å². The van der Waals surface area contributed by atoms with Crippen molar-refractivity contribution >= 4 is 51.1 Å². The van der Waals surface area contributed by atoms with Gasteiger partial charge in [0.2, 0.25) is 0 Å². The smallest absolute Gasteiger partial charge is 0.255 e. The van der Waals surface area contributed by atoms with Crippen LogP contribution in [0.2, 0.25) is 5.02 Å². The molecule has 1 N–H and O–H groups in total. The van der Waals surface area contributed by atoms with Crippen molar-refractivity contribution < 1.29 is 9.53 Å². The summed E-state index contributed by atoms with van der Waals surface area (Å²) in [5, 5.41) is 3.43. The maximum atomic E-state index is 12.6. The molecular formula is C18H17ClIN3O2. The Kier molecular flexibility index (Phi) is 5.48. The lowest BCUT2D eigenvalue weighted by molar-refractivity contribution is 0.0946. The Bertz CT molecular complexity index is 939. The van der Waals surface area contributed by atoms with E-state index >= 15 is 0 Å². The molecule has 0 atom stereocenters. The summed E-state index contributed by atoms with van der Waals surface area (Å²) in [4.78, 5) is 17.2. The number of benzene rings is 2. The van der Waals surface area contributed by atoms with Gasteiger partial charge in [-0.3, -0.25) is 4.79 Å². The highest BCUT2D eigenvalue weighted by Gasteiger charge is 2.16. The minimum absolute atomic E-state index is 0.246. The number of hydrogen-bond acceptors (Lipinski definition) is 3. The molecule has 3 rings (SSSR count). The van der Waals surface area contributed by atoms with Crippen LogP contribution in [0.5, 0.6) is 5.75 Å². The standard InChI is InChI=1S/C18H17ClIN3O2/c1-3-23-15-7-5-4-6-14(15)22-17(23)10-21-18(24)11-8-12(19)13(20)9-16(11)25-2/h4-9H,3,10H2,1-2H3,(H,21,24). The molecule has 1 aromatic heterocycles. The first-order chi connectivity index (χ1) is 12.0. The number of rotatable bonds is 5. The first-order valence-corrected chi connectivity index (χ1v) is 9.26. The molecule has 1 heterocycles. The van der Waals surface area contributed by atoms with Gasteiger partial charge < -0.3 is 14.6 Å². The summed E-state index contributed by atoms with van der Waals surface area (Å²) in [7, 11) is 1.53. The summed E-state index contributed by atoms with van der Waals surface area (Å²) >= 11 is 8.25. The maximum Gasteiger partial charge on any atom is 0.255 e. The number of amides is 1. The average molecular weight is 470 g/mol. The molecule has 130 valence electrons. The summed E-state index contributed by atoms with van der Waals surface area (Å²) in [6.07, 6.45) is 0. The Balaban J connectivity index is 1.85. The molecule has 0 aliphatic carbocycles. The van der Waals surface area contributed by atoms with Gasteiger partial charge in [0.1, 0.15) is 11.6 Å². The van der Waals surface area contributed by atoms with E-state index in [1.807, 2.05) is 24.3 Å². The number of halogens is 2. The van der Waals surface area contributed by atoms with E-state index in [0.717, 1.165) is 27.0 Å². The lowest BCUT2D eigenvalue weighted by Gasteiger charge is -2.11. The van der Waals surface area contributed by atoms with Crippen LogP contribution in [0.4, 0.5) is 0 Å². The van der Waals surface area contributed by atoms with Gasteiger partial charge in [-0.25, -0.2) is 4.98 Å². The lowest BCUT2D eigenvalue weighted by Crippen LogP contribution is -2.25. The Labute approximate surface area is 164 Å². The quantitative estimate of drug-likeness (QED) is 0.568. The highest BCUT2D eigenvalue weighted by molar-refractivity contribution is 14.1. The van der Waals surface area contributed by atoms with E-state index in [4.69, 9.17) is 16.3 Å². The van der Waals surface area contributed by atoms with E-state index < -0.39 is 0 Å². The van der Waals surface area contributed by atoms with Gasteiger partial charge in [0, 0.05) is 10.1 Å². The third-order valence-corrected chi connectivity index (χ3v) is 5.47. The third kappa shape index (κ3) is 3.59. The normalized spacial score (nSPS) is 10.9. The van der Waals surface area contributed by atoms with Crippen molar-refractivity contribution in [3.63, 3.8) is 0 Å². The number of hydrogen-bond donors (Lipinski definition) is 1. The zero-order valence-corrected chi connectivity index (χ0v) is 16.8. The molecule has 0 fully saturated rings. The Morgan fingerprint density at radius 3 is 2.84 bits per heavy atom. The fraction of sp³-hybridized carbons (Fsp3) is 0.222. The minimum atomic E-state index is -0.246. The molecule has 0 aliphatic heterocycles. The number of fused-ring (bicyclic) bond motifs is 1. The van der Waals surface area contributed by atoms with E-state index in [-0.39, 0.29) is 5.91 Å². The number of nitrogens with zero attached hydrogens (tertiary/aromatic N) is 2. The predicted octanol–water partition coefficient (Wildman–Crippen LogP) is 4.25. The van der Waals surface area contributed by atoms with Crippen LogP contribution in [0.15, 0.2) is 36.4 Å². The molecule has 0 spiro atoms. The molecule has 0 radical (unpaired) electrons. The number of carbonyl (C=O) groups excluding carboxylic acids is 1. The van der Waals surface area contributed by atoms with Gasteiger partial charge >= 0.3 is 0 Å². The number of aryl methyl sites for hydroxylation is 1. The van der Waals surface area contributed by atoms with Crippen molar-refractivity contribution in [3.05, 3.63) is 56.4 Å². The van der Waals surface area contributed by atoms with Crippen LogP contribution in [0.1, 0.15) is 23.1 Å². The van der Waals surface area contributed by atoms with Gasteiger partial charge in [0.25, 0.3) is 5.91 Å². The minimum Gasteiger partial charge on any atom is -0.496 e. The maximum absolute atomic E-state index is 12.6. The number of nitrogens with one attached hydrogen (secondary N) is 1. The van der Waals surface area contributed by atoms with Gasteiger partial charge in [-0.15, -0.1) is 0 Å². The summed E-state index contributed by atoms with van der Waals surface area (Å²) in [6, 6.07) is 11.3. The second-order valence-corrected chi connectivity index (χ2v) is 6.98. The topological polar surface area (TPSA) is 56.2 Å². The highest BCUT2D eigenvalue weighted by atomic mass is 127. The number of carbonyl (C=O) groups is 1. The Morgan fingerprint density at radius 1 is 1.36 bits per heavy atom. The molecular weight excluding hydrogens is 453 g/mol. The second kappa shape index (κ2) is 7.61. The number of para-hydroxylation sites is 2. The molecule has 0 unspecified atom stereocenters. The molecule has 5 nitrogen and oxygen atoms in total. The first-order valence-electron chi connectivity index (χ1n) is 7.80. The van der Waals surface area contributed by atoms with E-state index in [0.29, 0.717) is 22.9 Å². The first kappa shape index (κ1) is 18.0.